The molecule has 0 radical (unpaired) electrons. The highest BCUT2D eigenvalue weighted by Gasteiger charge is 2.06. The molecule has 1 aromatic heterocycles. The Balaban J connectivity index is 2.49. The number of hydrogen-bond donors (Lipinski definition) is 1. The van der Waals surface area contributed by atoms with Gasteiger partial charge in [-0.1, -0.05) is 6.92 Å². The number of amides is 1. The van der Waals surface area contributed by atoms with E-state index >= 15 is 0 Å². The van der Waals surface area contributed by atoms with Crippen molar-refractivity contribution < 1.29 is 9.53 Å². The highest BCUT2D eigenvalue weighted by Crippen LogP contribution is 2.12. The Morgan fingerprint density at radius 3 is 3.00 bits per heavy atom. The zero-order chi connectivity index (χ0) is 12.0. The van der Waals surface area contributed by atoms with E-state index in [4.69, 9.17) is 16.3 Å². The third-order valence-corrected chi connectivity index (χ3v) is 1.99. The maximum Gasteiger partial charge on any atom is 0.250 e. The Bertz CT molecular complexity index is 371. The molecule has 1 heterocycles. The number of carbonyl (C=O) groups excluding carboxylic acids is 1. The molecule has 6 heteroatoms. The van der Waals surface area contributed by atoms with Crippen LogP contribution in [-0.4, -0.2) is 29.1 Å². The Labute approximate surface area is 99.2 Å². The van der Waals surface area contributed by atoms with Crippen LogP contribution in [0.1, 0.15) is 19.0 Å². The van der Waals surface area contributed by atoms with E-state index in [0.717, 1.165) is 6.42 Å². The number of anilines is 1. The van der Waals surface area contributed by atoms with Crippen LogP contribution in [0.15, 0.2) is 6.20 Å². The van der Waals surface area contributed by atoms with Gasteiger partial charge in [-0.3, -0.25) is 4.79 Å². The molecule has 0 saturated carbocycles. The largest absolute Gasteiger partial charge is 0.372 e. The van der Waals surface area contributed by atoms with Crippen LogP contribution < -0.4 is 5.32 Å². The molecule has 0 aliphatic rings. The van der Waals surface area contributed by atoms with Gasteiger partial charge in [0.1, 0.15) is 6.61 Å². The maximum absolute atomic E-state index is 11.4. The molecule has 0 saturated heterocycles. The van der Waals surface area contributed by atoms with Gasteiger partial charge in [0.25, 0.3) is 0 Å². The van der Waals surface area contributed by atoms with Crippen LogP contribution in [0.3, 0.4) is 0 Å². The molecular formula is C10H14ClN3O2. The molecule has 1 amide bonds. The normalized spacial score (nSPS) is 10.2. The monoisotopic (exact) mass is 243 g/mol. The SMILES string of the molecule is CCCOCC(=O)Nc1cnc(Cl)nc1C. The first-order valence-electron chi connectivity index (χ1n) is 5.00. The van der Waals surface area contributed by atoms with Crippen LogP contribution in [0.25, 0.3) is 0 Å². The Kier molecular flexibility index (Phi) is 5.14. The van der Waals surface area contributed by atoms with Crippen LogP contribution in [0.2, 0.25) is 5.28 Å². The number of rotatable bonds is 5. The summed E-state index contributed by atoms with van der Waals surface area (Å²) in [6.07, 6.45) is 2.36. The van der Waals surface area contributed by atoms with Gasteiger partial charge in [0, 0.05) is 6.61 Å². The standard InChI is InChI=1S/C10H14ClN3O2/c1-3-4-16-6-9(15)14-8-5-12-10(11)13-7(8)2/h5H,3-4,6H2,1-2H3,(H,14,15). The molecule has 1 rings (SSSR count). The van der Waals surface area contributed by atoms with Gasteiger partial charge in [0.2, 0.25) is 11.2 Å². The maximum atomic E-state index is 11.4. The van der Waals surface area contributed by atoms with Crippen LogP contribution in [0.4, 0.5) is 5.69 Å². The molecule has 0 bridgehead atoms. The van der Waals surface area contributed by atoms with Gasteiger partial charge in [0.05, 0.1) is 17.6 Å². The molecule has 0 spiro atoms. The molecule has 88 valence electrons. The third-order valence-electron chi connectivity index (χ3n) is 1.81. The van der Waals surface area contributed by atoms with E-state index in [9.17, 15) is 4.79 Å². The summed E-state index contributed by atoms with van der Waals surface area (Å²) < 4.78 is 5.10. The average molecular weight is 244 g/mol. The lowest BCUT2D eigenvalue weighted by Crippen LogP contribution is -2.19. The predicted molar refractivity (Wildman–Crippen MR) is 61.5 cm³/mol. The first-order chi connectivity index (χ1) is 7.63. The average Bonchev–Trinajstić information content (AvgIpc) is 2.23. The number of ether oxygens (including phenoxy) is 1. The van der Waals surface area contributed by atoms with Crippen LogP contribution in [-0.2, 0) is 9.53 Å². The van der Waals surface area contributed by atoms with E-state index in [1.54, 1.807) is 6.92 Å². The van der Waals surface area contributed by atoms with Crippen LogP contribution in [0, 0.1) is 6.92 Å². The molecule has 0 aliphatic carbocycles. The fourth-order valence-corrected chi connectivity index (χ4v) is 1.23. The van der Waals surface area contributed by atoms with Gasteiger partial charge in [-0.2, -0.15) is 0 Å². The lowest BCUT2D eigenvalue weighted by atomic mass is 10.3. The topological polar surface area (TPSA) is 64.1 Å². The minimum absolute atomic E-state index is 0.0376. The van der Waals surface area contributed by atoms with Crippen molar-refractivity contribution in [3.63, 3.8) is 0 Å². The molecule has 5 nitrogen and oxygen atoms in total. The zero-order valence-electron chi connectivity index (χ0n) is 9.29. The van der Waals surface area contributed by atoms with Gasteiger partial charge < -0.3 is 10.1 Å². The summed E-state index contributed by atoms with van der Waals surface area (Å²) in [6, 6.07) is 0. The minimum atomic E-state index is -0.220. The number of halogens is 1. The van der Waals surface area contributed by atoms with Crippen molar-refractivity contribution in [3.05, 3.63) is 17.2 Å². The van der Waals surface area contributed by atoms with E-state index < -0.39 is 0 Å². The second kappa shape index (κ2) is 6.40. The van der Waals surface area contributed by atoms with Gasteiger partial charge in [0.15, 0.2) is 0 Å². The summed E-state index contributed by atoms with van der Waals surface area (Å²) >= 11 is 5.60. The summed E-state index contributed by atoms with van der Waals surface area (Å²) in [5.41, 5.74) is 1.18. The van der Waals surface area contributed by atoms with Crippen molar-refractivity contribution in [2.24, 2.45) is 0 Å². The fraction of sp³-hybridized carbons (Fsp3) is 0.500. The van der Waals surface area contributed by atoms with Crippen molar-refractivity contribution >= 4 is 23.2 Å². The smallest absolute Gasteiger partial charge is 0.250 e. The lowest BCUT2D eigenvalue weighted by molar-refractivity contribution is -0.120. The summed E-state index contributed by atoms with van der Waals surface area (Å²) in [5, 5.41) is 2.81. The molecule has 0 fully saturated rings. The predicted octanol–water partition coefficient (Wildman–Crippen LogP) is 1.80. The summed E-state index contributed by atoms with van der Waals surface area (Å²) in [7, 11) is 0. The first kappa shape index (κ1) is 12.9. The lowest BCUT2D eigenvalue weighted by Gasteiger charge is -2.07. The highest BCUT2D eigenvalue weighted by atomic mass is 35.5. The van der Waals surface area contributed by atoms with Crippen molar-refractivity contribution in [2.45, 2.75) is 20.3 Å². The van der Waals surface area contributed by atoms with Gasteiger partial charge in [-0.15, -0.1) is 0 Å². The molecule has 1 N–H and O–H groups in total. The van der Waals surface area contributed by atoms with E-state index in [1.165, 1.54) is 6.20 Å². The number of nitrogens with one attached hydrogen (secondary N) is 1. The number of carbonyl (C=O) groups is 1. The third kappa shape index (κ3) is 4.12. The molecule has 16 heavy (non-hydrogen) atoms. The van der Waals surface area contributed by atoms with E-state index in [1.807, 2.05) is 6.92 Å². The number of aromatic nitrogens is 2. The summed E-state index contributed by atoms with van der Waals surface area (Å²) in [4.78, 5) is 19.1. The van der Waals surface area contributed by atoms with Gasteiger partial charge in [-0.05, 0) is 24.9 Å². The van der Waals surface area contributed by atoms with Crippen molar-refractivity contribution in [1.82, 2.24) is 9.97 Å². The van der Waals surface area contributed by atoms with Crippen molar-refractivity contribution in [2.75, 3.05) is 18.5 Å². The van der Waals surface area contributed by atoms with E-state index in [-0.39, 0.29) is 17.8 Å². The van der Waals surface area contributed by atoms with Gasteiger partial charge in [-0.25, -0.2) is 9.97 Å². The van der Waals surface area contributed by atoms with Crippen molar-refractivity contribution in [3.8, 4) is 0 Å². The van der Waals surface area contributed by atoms with Crippen LogP contribution >= 0.6 is 11.6 Å². The van der Waals surface area contributed by atoms with E-state index in [0.29, 0.717) is 18.0 Å². The first-order valence-corrected chi connectivity index (χ1v) is 5.38. The minimum Gasteiger partial charge on any atom is -0.372 e. The van der Waals surface area contributed by atoms with Crippen LogP contribution in [0.5, 0.6) is 0 Å². The number of nitrogens with zero attached hydrogens (tertiary/aromatic N) is 2. The number of aryl methyl sites for hydroxylation is 1. The fourth-order valence-electron chi connectivity index (χ4n) is 1.06. The Hall–Kier alpha value is -1.20. The molecule has 0 unspecified atom stereocenters. The second-order valence-corrected chi connectivity index (χ2v) is 3.58. The quantitative estimate of drug-likeness (QED) is 0.633. The van der Waals surface area contributed by atoms with Gasteiger partial charge >= 0.3 is 0 Å². The molecule has 0 atom stereocenters. The van der Waals surface area contributed by atoms with E-state index in [2.05, 4.69) is 15.3 Å². The summed E-state index contributed by atoms with van der Waals surface area (Å²) in [6.45, 7) is 4.34. The Morgan fingerprint density at radius 2 is 2.38 bits per heavy atom. The summed E-state index contributed by atoms with van der Waals surface area (Å²) in [5.74, 6) is -0.220. The highest BCUT2D eigenvalue weighted by molar-refractivity contribution is 6.28. The number of hydrogen-bond acceptors (Lipinski definition) is 4. The van der Waals surface area contributed by atoms with Crippen molar-refractivity contribution in [1.29, 1.82) is 0 Å². The molecule has 0 aromatic carbocycles. The molecular weight excluding hydrogens is 230 g/mol. The Morgan fingerprint density at radius 1 is 1.62 bits per heavy atom. The molecule has 1 aromatic rings. The second-order valence-electron chi connectivity index (χ2n) is 3.24. The zero-order valence-corrected chi connectivity index (χ0v) is 10.0. The molecule has 0 aliphatic heterocycles.